The van der Waals surface area contributed by atoms with Crippen LogP contribution in [0.4, 0.5) is 5.69 Å². The summed E-state index contributed by atoms with van der Waals surface area (Å²) in [5, 5.41) is 3.54. The number of anilines is 1. The highest BCUT2D eigenvalue weighted by Gasteiger charge is 2.21. The predicted octanol–water partition coefficient (Wildman–Crippen LogP) is 3.36. The Morgan fingerprint density at radius 2 is 1.62 bits per heavy atom. The third kappa shape index (κ3) is 3.23. The summed E-state index contributed by atoms with van der Waals surface area (Å²) in [5.74, 6) is 0. The maximum atomic E-state index is 3.54. The second kappa shape index (κ2) is 3.96. The predicted molar refractivity (Wildman–Crippen MR) is 62.9 cm³/mol. The van der Waals surface area contributed by atoms with Crippen LogP contribution >= 0.6 is 0 Å². The van der Waals surface area contributed by atoms with Crippen molar-refractivity contribution in [1.29, 1.82) is 0 Å². The highest BCUT2D eigenvalue weighted by molar-refractivity contribution is 6.78. The van der Waals surface area contributed by atoms with Gasteiger partial charge in [0.25, 0.3) is 0 Å². The first-order chi connectivity index (χ1) is 6.00. The van der Waals surface area contributed by atoms with Gasteiger partial charge in [0.15, 0.2) is 0 Å². The second-order valence-corrected chi connectivity index (χ2v) is 10.2. The van der Waals surface area contributed by atoms with E-state index in [2.05, 4.69) is 56.1 Å². The minimum Gasteiger partial charge on any atom is -0.385 e. The Labute approximate surface area is 82.2 Å². The molecule has 13 heavy (non-hydrogen) atoms. The number of rotatable bonds is 3. The number of hydrogen-bond donors (Lipinski definition) is 1. The first-order valence-corrected chi connectivity index (χ1v) is 8.39. The zero-order chi connectivity index (χ0) is 9.90. The fourth-order valence-electron chi connectivity index (χ4n) is 1.00. The molecular weight excluding hydrogens is 174 g/mol. The van der Waals surface area contributed by atoms with Crippen molar-refractivity contribution in [3.8, 4) is 0 Å². The molecule has 1 nitrogen and oxygen atoms in total. The lowest BCUT2D eigenvalue weighted by Crippen LogP contribution is -2.41. The number of para-hydroxylation sites is 1. The quantitative estimate of drug-likeness (QED) is 0.726. The molecule has 1 rings (SSSR count). The third-order valence-electron chi connectivity index (χ3n) is 2.46. The maximum Gasteiger partial charge on any atom is 0.0697 e. The van der Waals surface area contributed by atoms with Gasteiger partial charge >= 0.3 is 0 Å². The normalized spacial score (nSPS) is 13.8. The van der Waals surface area contributed by atoms with E-state index in [0.717, 1.165) is 0 Å². The van der Waals surface area contributed by atoms with Gasteiger partial charge in [-0.25, -0.2) is 0 Å². The Morgan fingerprint density at radius 1 is 1.08 bits per heavy atom. The van der Waals surface area contributed by atoms with E-state index in [0.29, 0.717) is 5.67 Å². The van der Waals surface area contributed by atoms with Crippen molar-refractivity contribution in [3.63, 3.8) is 0 Å². The van der Waals surface area contributed by atoms with Gasteiger partial charge in [-0.15, -0.1) is 0 Å². The molecule has 0 unspecified atom stereocenters. The van der Waals surface area contributed by atoms with Crippen molar-refractivity contribution < 1.29 is 0 Å². The Kier molecular flexibility index (Phi) is 3.15. The van der Waals surface area contributed by atoms with E-state index in [1.54, 1.807) is 0 Å². The van der Waals surface area contributed by atoms with E-state index in [-0.39, 0.29) is 0 Å². The molecule has 0 aromatic heterocycles. The van der Waals surface area contributed by atoms with Crippen LogP contribution in [0.25, 0.3) is 0 Å². The molecule has 0 radical (unpaired) electrons. The fourth-order valence-corrected chi connectivity index (χ4v) is 1.60. The van der Waals surface area contributed by atoms with Gasteiger partial charge in [0, 0.05) is 11.4 Å². The SMILES string of the molecule is C[C@@H](Nc1ccccc1)[Si](C)(C)C. The lowest BCUT2D eigenvalue weighted by molar-refractivity contribution is 1.05. The van der Waals surface area contributed by atoms with Gasteiger partial charge < -0.3 is 5.32 Å². The van der Waals surface area contributed by atoms with E-state index in [1.165, 1.54) is 5.69 Å². The van der Waals surface area contributed by atoms with Gasteiger partial charge in [0.2, 0.25) is 0 Å². The van der Waals surface area contributed by atoms with Crippen LogP contribution in [0, 0.1) is 0 Å². The average molecular weight is 193 g/mol. The molecule has 0 aliphatic carbocycles. The molecule has 0 amide bonds. The van der Waals surface area contributed by atoms with Crippen LogP contribution in [-0.2, 0) is 0 Å². The summed E-state index contributed by atoms with van der Waals surface area (Å²) >= 11 is 0. The first-order valence-electron chi connectivity index (χ1n) is 4.82. The first kappa shape index (κ1) is 10.3. The Morgan fingerprint density at radius 3 is 2.08 bits per heavy atom. The van der Waals surface area contributed by atoms with Crippen molar-refractivity contribution in [1.82, 2.24) is 0 Å². The smallest absolute Gasteiger partial charge is 0.0697 e. The second-order valence-electron chi connectivity index (χ2n) is 4.60. The topological polar surface area (TPSA) is 12.0 Å². The monoisotopic (exact) mass is 193 g/mol. The zero-order valence-electron chi connectivity index (χ0n) is 8.96. The highest BCUT2D eigenvalue weighted by Crippen LogP contribution is 2.14. The molecule has 0 saturated carbocycles. The Balaban J connectivity index is 2.61. The summed E-state index contributed by atoms with van der Waals surface area (Å²) in [6.07, 6.45) is 0. The van der Waals surface area contributed by atoms with E-state index >= 15 is 0 Å². The van der Waals surface area contributed by atoms with E-state index < -0.39 is 8.07 Å². The van der Waals surface area contributed by atoms with Crippen LogP contribution in [-0.4, -0.2) is 13.7 Å². The summed E-state index contributed by atoms with van der Waals surface area (Å²) in [6, 6.07) is 10.4. The molecule has 2 heteroatoms. The molecule has 1 aromatic rings. The van der Waals surface area contributed by atoms with Crippen molar-refractivity contribution >= 4 is 13.8 Å². The Hall–Kier alpha value is -0.763. The molecule has 0 spiro atoms. The third-order valence-corrected chi connectivity index (χ3v) is 5.20. The molecule has 0 bridgehead atoms. The number of hydrogen-bond acceptors (Lipinski definition) is 1. The van der Waals surface area contributed by atoms with Crippen LogP contribution in [0.15, 0.2) is 30.3 Å². The van der Waals surface area contributed by atoms with Crippen molar-refractivity contribution in [2.24, 2.45) is 0 Å². The van der Waals surface area contributed by atoms with Gasteiger partial charge in [-0.3, -0.25) is 0 Å². The van der Waals surface area contributed by atoms with Gasteiger partial charge in [-0.05, 0) is 19.1 Å². The largest absolute Gasteiger partial charge is 0.385 e. The standard InChI is InChI=1S/C11H19NSi/c1-10(13(2,3)4)12-11-8-6-5-7-9-11/h5-10,12H,1-4H3/t10-/m0/s1. The van der Waals surface area contributed by atoms with E-state index in [1.807, 2.05) is 6.07 Å². The molecule has 0 aliphatic heterocycles. The lowest BCUT2D eigenvalue weighted by Gasteiger charge is -2.27. The van der Waals surface area contributed by atoms with Crippen LogP contribution < -0.4 is 5.32 Å². The minimum atomic E-state index is -1.05. The van der Waals surface area contributed by atoms with Crippen molar-refractivity contribution in [2.45, 2.75) is 32.2 Å². The molecule has 0 fully saturated rings. The summed E-state index contributed by atoms with van der Waals surface area (Å²) in [5.41, 5.74) is 1.85. The average Bonchev–Trinajstić information content (AvgIpc) is 2.04. The van der Waals surface area contributed by atoms with E-state index in [4.69, 9.17) is 0 Å². The fraction of sp³-hybridized carbons (Fsp3) is 0.455. The molecule has 1 N–H and O–H groups in total. The molecule has 0 aliphatic rings. The summed E-state index contributed by atoms with van der Waals surface area (Å²) in [4.78, 5) is 0. The van der Waals surface area contributed by atoms with Crippen molar-refractivity contribution in [2.75, 3.05) is 5.32 Å². The van der Waals surface area contributed by atoms with Crippen LogP contribution in [0.2, 0.25) is 19.6 Å². The molecule has 1 atom stereocenters. The van der Waals surface area contributed by atoms with Crippen LogP contribution in [0.5, 0.6) is 0 Å². The van der Waals surface area contributed by atoms with Gasteiger partial charge in [0.1, 0.15) is 0 Å². The highest BCUT2D eigenvalue weighted by atomic mass is 28.3. The molecule has 0 heterocycles. The summed E-state index contributed by atoms with van der Waals surface area (Å²) < 4.78 is 0. The lowest BCUT2D eigenvalue weighted by atomic mass is 10.3. The molecule has 72 valence electrons. The van der Waals surface area contributed by atoms with Crippen molar-refractivity contribution in [3.05, 3.63) is 30.3 Å². The summed E-state index contributed by atoms with van der Waals surface area (Å²) in [6.45, 7) is 9.42. The molecule has 1 aromatic carbocycles. The maximum absolute atomic E-state index is 3.54. The minimum absolute atomic E-state index is 0.620. The summed E-state index contributed by atoms with van der Waals surface area (Å²) in [7, 11) is -1.05. The molecule has 0 saturated heterocycles. The number of nitrogens with one attached hydrogen (secondary N) is 1. The van der Waals surface area contributed by atoms with Gasteiger partial charge in [0.05, 0.1) is 8.07 Å². The van der Waals surface area contributed by atoms with E-state index in [9.17, 15) is 0 Å². The Bertz CT molecular complexity index is 251. The van der Waals surface area contributed by atoms with Crippen LogP contribution in [0.3, 0.4) is 0 Å². The number of benzene rings is 1. The molecular formula is C11H19NSi. The van der Waals surface area contributed by atoms with Gasteiger partial charge in [-0.2, -0.15) is 0 Å². The van der Waals surface area contributed by atoms with Crippen LogP contribution in [0.1, 0.15) is 6.92 Å². The van der Waals surface area contributed by atoms with Gasteiger partial charge in [-0.1, -0.05) is 37.8 Å². The zero-order valence-corrected chi connectivity index (χ0v) is 9.96.